The SMILES string of the molecule is CCCCCCCCCCCCCCCCCCCCCCCCC(=O)O[C@H](COC(=O)CCCCCCCCCCCCC(C)C)COP(=O)(O)OC[C@@H](O)COP(=O)(O)OC[C@@H](COC(=O)CCCCCCCCCCC)OC(=O)CCCCCCCCCC(C)C. The lowest BCUT2D eigenvalue weighted by Gasteiger charge is -2.21. The summed E-state index contributed by atoms with van der Waals surface area (Å²) in [5.74, 6) is -0.669. The molecule has 0 bridgehead atoms. The largest absolute Gasteiger partial charge is 0.472 e. The second-order valence-corrected chi connectivity index (χ2v) is 30.9. The van der Waals surface area contributed by atoms with E-state index >= 15 is 0 Å². The van der Waals surface area contributed by atoms with E-state index < -0.39 is 97.5 Å². The molecule has 3 N–H and O–H groups in total. The second-order valence-electron chi connectivity index (χ2n) is 28.0. The maximum absolute atomic E-state index is 13.1. The van der Waals surface area contributed by atoms with Crippen LogP contribution in [0.15, 0.2) is 0 Å². The summed E-state index contributed by atoms with van der Waals surface area (Å²) in [6, 6.07) is 0. The number of aliphatic hydroxyl groups excluding tert-OH is 1. The molecule has 0 aliphatic rings. The highest BCUT2D eigenvalue weighted by Gasteiger charge is 2.30. The number of hydrogen-bond acceptors (Lipinski definition) is 15. The van der Waals surface area contributed by atoms with Gasteiger partial charge in [-0.05, 0) is 37.5 Å². The third-order valence-electron chi connectivity index (χ3n) is 17.5. The lowest BCUT2D eigenvalue weighted by atomic mass is 10.0. The van der Waals surface area contributed by atoms with Crippen LogP contribution in [-0.2, 0) is 65.4 Å². The van der Waals surface area contributed by atoms with Crippen molar-refractivity contribution in [3.63, 3.8) is 0 Å². The first-order valence-corrected chi connectivity index (χ1v) is 42.0. The Morgan fingerprint density at radius 3 is 0.723 bits per heavy atom. The topological polar surface area (TPSA) is 237 Å². The summed E-state index contributed by atoms with van der Waals surface area (Å²) in [5, 5.41) is 10.6. The molecule has 0 aliphatic carbocycles. The van der Waals surface area contributed by atoms with Crippen LogP contribution in [-0.4, -0.2) is 96.7 Å². The molecule has 17 nitrogen and oxygen atoms in total. The molecule has 0 rings (SSSR count). The number of unbranched alkanes of at least 4 members (excludes halogenated alkanes) is 44. The van der Waals surface area contributed by atoms with Gasteiger partial charge < -0.3 is 33.8 Å². The zero-order valence-electron chi connectivity index (χ0n) is 61.3. The van der Waals surface area contributed by atoms with Crippen LogP contribution in [0.4, 0.5) is 0 Å². The third kappa shape index (κ3) is 68.6. The number of phosphoric acid groups is 2. The lowest BCUT2D eigenvalue weighted by Crippen LogP contribution is -2.30. The molecule has 0 aromatic rings. The zero-order chi connectivity index (χ0) is 69.3. The van der Waals surface area contributed by atoms with Crippen LogP contribution in [0.25, 0.3) is 0 Å². The standard InChI is InChI=1S/C75H146O17P2/c1-7-9-11-13-15-17-18-19-20-21-22-23-24-25-26-27-28-29-35-41-47-53-59-74(79)91-70(63-86-73(78)58-52-46-40-34-31-30-33-37-43-49-55-67(3)4)65-89-93(81,82)87-61-69(76)62-88-94(83,84)90-66-71(64-85-72(77)57-51-45-39-32-16-14-12-10-8-2)92-75(80)60-54-48-42-36-38-44-50-56-68(5)6/h67-71,76H,7-66H2,1-6H3,(H,81,82)(H,83,84)/t69-,70-,71-/m1/s1. The van der Waals surface area contributed by atoms with E-state index in [2.05, 4.69) is 41.5 Å². The molecular formula is C75H146O17P2. The number of hydrogen-bond donors (Lipinski definition) is 3. The number of ether oxygens (including phenoxy) is 4. The minimum atomic E-state index is -4.96. The van der Waals surface area contributed by atoms with Gasteiger partial charge in [0.2, 0.25) is 0 Å². The fourth-order valence-corrected chi connectivity index (χ4v) is 13.1. The molecule has 2 unspecified atom stereocenters. The Bertz CT molecular complexity index is 1820. The Balaban J connectivity index is 5.16. The molecule has 558 valence electrons. The van der Waals surface area contributed by atoms with E-state index in [0.29, 0.717) is 31.6 Å². The van der Waals surface area contributed by atoms with Crippen molar-refractivity contribution in [3.8, 4) is 0 Å². The molecule has 0 heterocycles. The van der Waals surface area contributed by atoms with Gasteiger partial charge in [-0.3, -0.25) is 37.3 Å². The zero-order valence-corrected chi connectivity index (χ0v) is 63.1. The van der Waals surface area contributed by atoms with Gasteiger partial charge in [0, 0.05) is 25.7 Å². The Labute approximate surface area is 575 Å². The maximum Gasteiger partial charge on any atom is 0.472 e. The highest BCUT2D eigenvalue weighted by atomic mass is 31.2. The summed E-state index contributed by atoms with van der Waals surface area (Å²) in [4.78, 5) is 72.6. The lowest BCUT2D eigenvalue weighted by molar-refractivity contribution is -0.161. The fraction of sp³-hybridized carbons (Fsp3) is 0.947. The van der Waals surface area contributed by atoms with Crippen LogP contribution in [0.5, 0.6) is 0 Å². The molecule has 0 amide bonds. The number of rotatable bonds is 74. The first kappa shape index (κ1) is 92.1. The summed E-state index contributed by atoms with van der Waals surface area (Å²) in [5.41, 5.74) is 0. The van der Waals surface area contributed by atoms with E-state index in [1.54, 1.807) is 0 Å². The van der Waals surface area contributed by atoms with E-state index in [0.717, 1.165) is 95.8 Å². The molecular weight excluding hydrogens is 1230 g/mol. The van der Waals surface area contributed by atoms with E-state index in [9.17, 15) is 43.2 Å². The Morgan fingerprint density at radius 1 is 0.287 bits per heavy atom. The van der Waals surface area contributed by atoms with Crippen LogP contribution in [0.1, 0.15) is 388 Å². The van der Waals surface area contributed by atoms with E-state index in [4.69, 9.17) is 37.0 Å². The van der Waals surface area contributed by atoms with Gasteiger partial charge in [-0.15, -0.1) is 0 Å². The molecule has 5 atom stereocenters. The molecule has 0 radical (unpaired) electrons. The number of esters is 4. The van der Waals surface area contributed by atoms with Crippen LogP contribution in [0, 0.1) is 11.8 Å². The van der Waals surface area contributed by atoms with Crippen LogP contribution in [0.3, 0.4) is 0 Å². The Morgan fingerprint density at radius 2 is 0.489 bits per heavy atom. The fourth-order valence-electron chi connectivity index (χ4n) is 11.5. The van der Waals surface area contributed by atoms with Gasteiger partial charge in [0.15, 0.2) is 12.2 Å². The Kier molecular flexibility index (Phi) is 65.5. The molecule has 0 aromatic carbocycles. The summed E-state index contributed by atoms with van der Waals surface area (Å²) in [7, 11) is -9.90. The molecule has 0 fully saturated rings. The summed E-state index contributed by atoms with van der Waals surface area (Å²) in [6.45, 7) is 9.49. The van der Waals surface area contributed by atoms with Crippen molar-refractivity contribution in [3.05, 3.63) is 0 Å². The van der Waals surface area contributed by atoms with Crippen LogP contribution >= 0.6 is 15.6 Å². The quantitative estimate of drug-likeness (QED) is 0.0222. The molecule has 0 saturated carbocycles. The molecule has 0 aliphatic heterocycles. The highest BCUT2D eigenvalue weighted by molar-refractivity contribution is 7.47. The van der Waals surface area contributed by atoms with Crippen LogP contribution in [0.2, 0.25) is 0 Å². The van der Waals surface area contributed by atoms with Gasteiger partial charge in [-0.25, -0.2) is 9.13 Å². The van der Waals surface area contributed by atoms with Crippen molar-refractivity contribution in [2.45, 2.75) is 407 Å². The smallest absolute Gasteiger partial charge is 0.462 e. The molecule has 94 heavy (non-hydrogen) atoms. The minimum absolute atomic E-state index is 0.104. The van der Waals surface area contributed by atoms with E-state index in [1.165, 1.54) is 205 Å². The van der Waals surface area contributed by atoms with Crippen molar-refractivity contribution in [2.75, 3.05) is 39.6 Å². The van der Waals surface area contributed by atoms with Crippen LogP contribution < -0.4 is 0 Å². The van der Waals surface area contributed by atoms with E-state index in [1.807, 2.05) is 0 Å². The van der Waals surface area contributed by atoms with Crippen molar-refractivity contribution in [1.29, 1.82) is 0 Å². The molecule has 0 spiro atoms. The average molecular weight is 1380 g/mol. The van der Waals surface area contributed by atoms with Gasteiger partial charge in [-0.2, -0.15) is 0 Å². The minimum Gasteiger partial charge on any atom is -0.462 e. The second kappa shape index (κ2) is 66.9. The summed E-state index contributed by atoms with van der Waals surface area (Å²) < 4.78 is 68.4. The van der Waals surface area contributed by atoms with Gasteiger partial charge in [0.25, 0.3) is 0 Å². The predicted octanol–water partition coefficient (Wildman–Crippen LogP) is 21.9. The van der Waals surface area contributed by atoms with Crippen molar-refractivity contribution < 1.29 is 80.2 Å². The maximum atomic E-state index is 13.1. The van der Waals surface area contributed by atoms with Gasteiger partial charge in [0.1, 0.15) is 19.3 Å². The monoisotopic (exact) mass is 1380 g/mol. The van der Waals surface area contributed by atoms with Gasteiger partial charge in [-0.1, -0.05) is 337 Å². The van der Waals surface area contributed by atoms with Gasteiger partial charge in [0.05, 0.1) is 26.4 Å². The number of aliphatic hydroxyl groups is 1. The molecule has 0 aromatic heterocycles. The summed E-state index contributed by atoms with van der Waals surface area (Å²) >= 11 is 0. The normalized spacial score (nSPS) is 14.0. The molecule has 0 saturated heterocycles. The summed E-state index contributed by atoms with van der Waals surface area (Å²) in [6.07, 6.45) is 54.4. The van der Waals surface area contributed by atoms with Crippen molar-refractivity contribution in [1.82, 2.24) is 0 Å². The third-order valence-corrected chi connectivity index (χ3v) is 19.4. The average Bonchev–Trinajstić information content (AvgIpc) is 1.48. The highest BCUT2D eigenvalue weighted by Crippen LogP contribution is 2.45. The van der Waals surface area contributed by atoms with Crippen molar-refractivity contribution in [2.24, 2.45) is 11.8 Å². The Hall–Kier alpha value is -1.94. The number of carbonyl (C=O) groups is 4. The first-order valence-electron chi connectivity index (χ1n) is 39.0. The number of carbonyl (C=O) groups excluding carboxylic acids is 4. The first-order chi connectivity index (χ1) is 45.4. The molecule has 19 heteroatoms. The number of phosphoric ester groups is 2. The van der Waals surface area contributed by atoms with Crippen molar-refractivity contribution >= 4 is 39.5 Å². The van der Waals surface area contributed by atoms with E-state index in [-0.39, 0.29) is 25.7 Å². The van der Waals surface area contributed by atoms with Gasteiger partial charge >= 0.3 is 39.5 Å². The predicted molar refractivity (Wildman–Crippen MR) is 381 cm³/mol.